The van der Waals surface area contributed by atoms with Crippen LogP contribution in [0.3, 0.4) is 0 Å². The van der Waals surface area contributed by atoms with Crippen LogP contribution in [0.1, 0.15) is 79.1 Å². The Bertz CT molecular complexity index is 418. The van der Waals surface area contributed by atoms with E-state index in [1.807, 2.05) is 13.8 Å². The van der Waals surface area contributed by atoms with Gasteiger partial charge >= 0.3 is 21.7 Å². The molecule has 0 bridgehead atoms. The van der Waals surface area contributed by atoms with Gasteiger partial charge in [-0.05, 0) is 25.7 Å². The van der Waals surface area contributed by atoms with Crippen LogP contribution in [-0.2, 0) is 40.9 Å². The average Bonchev–Trinajstić information content (AvgIpc) is 2.56. The Morgan fingerprint density at radius 3 is 0.926 bits per heavy atom. The Balaban J connectivity index is -0.000000411. The molecule has 152 valence electrons. The number of aliphatic carboxylic acids is 4. The molecule has 0 amide bonds. The van der Waals surface area contributed by atoms with Crippen molar-refractivity contribution in [3.63, 3.8) is 0 Å². The first-order valence-electron chi connectivity index (χ1n) is 8.88. The standard InChI is InChI=1S/2C9H16O4.Ti/c2*1-3-5-6-9(4-2,7(10)11)8(12)13;/h2*3-6H2,1-2H3,(H,10,11)(H,12,13);/q;;+4/p-4. The molecule has 0 radical (unpaired) electrons. The SMILES string of the molecule is CCCCC(CC)(C(=O)[O-])C(=O)[O-].CCCCC(CC)(C(=O)[O-])C(=O)[O-].[Ti+4]. The molecular weight excluding hydrogens is 392 g/mol. The van der Waals surface area contributed by atoms with Crippen LogP contribution in [0.15, 0.2) is 0 Å². The number of hydrogen-bond acceptors (Lipinski definition) is 8. The van der Waals surface area contributed by atoms with Gasteiger partial charge in [0.15, 0.2) is 0 Å². The van der Waals surface area contributed by atoms with Gasteiger partial charge in [-0.2, -0.15) is 0 Å². The molecule has 9 heteroatoms. The van der Waals surface area contributed by atoms with E-state index in [2.05, 4.69) is 0 Å². The second-order valence-electron chi connectivity index (χ2n) is 6.23. The van der Waals surface area contributed by atoms with E-state index in [-0.39, 0.29) is 47.4 Å². The number of unbranched alkanes of at least 4 members (excludes halogenated alkanes) is 2. The fraction of sp³-hybridized carbons (Fsp3) is 0.778. The molecule has 0 spiro atoms. The number of carbonyl (C=O) groups is 4. The van der Waals surface area contributed by atoms with Gasteiger partial charge in [0.25, 0.3) is 0 Å². The van der Waals surface area contributed by atoms with Crippen molar-refractivity contribution in [2.45, 2.75) is 79.1 Å². The minimum atomic E-state index is -1.80. The molecule has 0 saturated carbocycles. The molecule has 0 heterocycles. The van der Waals surface area contributed by atoms with Crippen LogP contribution in [-0.4, -0.2) is 23.9 Å². The number of carbonyl (C=O) groups excluding carboxylic acids is 4. The monoisotopic (exact) mass is 420 g/mol. The predicted octanol–water partition coefficient (Wildman–Crippen LogP) is -1.86. The van der Waals surface area contributed by atoms with Gasteiger partial charge in [0.1, 0.15) is 0 Å². The number of carboxylic acid groups (broad SMARTS) is 4. The Kier molecular flexibility index (Phi) is 16.4. The molecule has 0 aliphatic rings. The van der Waals surface area contributed by atoms with Crippen molar-refractivity contribution in [1.82, 2.24) is 0 Å². The Hall–Kier alpha value is -1.41. The van der Waals surface area contributed by atoms with Gasteiger partial charge in [-0.1, -0.05) is 53.4 Å². The van der Waals surface area contributed by atoms with Crippen LogP contribution >= 0.6 is 0 Å². The fourth-order valence-corrected chi connectivity index (χ4v) is 2.46. The summed E-state index contributed by atoms with van der Waals surface area (Å²) < 4.78 is 0. The number of rotatable bonds is 12. The van der Waals surface area contributed by atoms with Crippen LogP contribution in [0.2, 0.25) is 0 Å². The molecule has 0 atom stereocenters. The largest absolute Gasteiger partial charge is 4.00 e. The fourth-order valence-electron chi connectivity index (χ4n) is 2.46. The van der Waals surface area contributed by atoms with Crippen LogP contribution in [0.4, 0.5) is 0 Å². The molecule has 0 aromatic rings. The first kappa shape index (κ1) is 30.3. The molecule has 0 saturated heterocycles. The zero-order valence-electron chi connectivity index (χ0n) is 16.4. The third kappa shape index (κ3) is 8.43. The van der Waals surface area contributed by atoms with E-state index in [0.717, 1.165) is 12.8 Å². The van der Waals surface area contributed by atoms with E-state index in [9.17, 15) is 39.6 Å². The maximum Gasteiger partial charge on any atom is 4.00 e. The molecule has 8 nitrogen and oxygen atoms in total. The molecule has 0 aliphatic carbocycles. The van der Waals surface area contributed by atoms with E-state index >= 15 is 0 Å². The molecule has 0 aliphatic heterocycles. The first-order chi connectivity index (χ1) is 12.0. The summed E-state index contributed by atoms with van der Waals surface area (Å²) in [6.45, 7) is 6.76. The third-order valence-corrected chi connectivity index (χ3v) is 4.68. The summed E-state index contributed by atoms with van der Waals surface area (Å²) in [5.74, 6) is -6.15. The van der Waals surface area contributed by atoms with Crippen LogP contribution < -0.4 is 20.4 Å². The number of carboxylic acids is 4. The normalized spacial score (nSPS) is 10.8. The minimum Gasteiger partial charge on any atom is -0.549 e. The summed E-state index contributed by atoms with van der Waals surface area (Å²) in [7, 11) is 0. The van der Waals surface area contributed by atoms with Gasteiger partial charge in [0.05, 0.1) is 23.9 Å². The molecule has 0 aromatic carbocycles. The van der Waals surface area contributed by atoms with E-state index in [4.69, 9.17) is 0 Å². The van der Waals surface area contributed by atoms with Gasteiger partial charge in [-0.15, -0.1) is 0 Å². The van der Waals surface area contributed by atoms with Gasteiger partial charge in [0, 0.05) is 10.8 Å². The summed E-state index contributed by atoms with van der Waals surface area (Å²) in [4.78, 5) is 42.7. The van der Waals surface area contributed by atoms with Gasteiger partial charge in [0.2, 0.25) is 0 Å². The van der Waals surface area contributed by atoms with Crippen molar-refractivity contribution < 1.29 is 61.3 Å². The van der Waals surface area contributed by atoms with E-state index in [1.54, 1.807) is 0 Å². The second-order valence-corrected chi connectivity index (χ2v) is 6.23. The van der Waals surface area contributed by atoms with E-state index < -0.39 is 34.7 Å². The summed E-state index contributed by atoms with van der Waals surface area (Å²) in [5, 5.41) is 42.7. The van der Waals surface area contributed by atoms with E-state index in [0.29, 0.717) is 12.8 Å². The second kappa shape index (κ2) is 14.6. The molecular formula is C18H28O8Ti. The van der Waals surface area contributed by atoms with Crippen molar-refractivity contribution in [2.75, 3.05) is 0 Å². The van der Waals surface area contributed by atoms with Crippen LogP contribution in [0, 0.1) is 10.8 Å². The summed E-state index contributed by atoms with van der Waals surface area (Å²) in [5.41, 5.74) is -3.59. The molecule has 27 heavy (non-hydrogen) atoms. The molecule has 0 aromatic heterocycles. The molecule has 0 unspecified atom stereocenters. The van der Waals surface area contributed by atoms with Crippen molar-refractivity contribution in [3.8, 4) is 0 Å². The summed E-state index contributed by atoms with van der Waals surface area (Å²) in [6, 6.07) is 0. The quantitative estimate of drug-likeness (QED) is 0.262. The summed E-state index contributed by atoms with van der Waals surface area (Å²) in [6.07, 6.45) is 2.81. The van der Waals surface area contributed by atoms with Crippen molar-refractivity contribution >= 4 is 23.9 Å². The van der Waals surface area contributed by atoms with Crippen molar-refractivity contribution in [2.24, 2.45) is 10.8 Å². The maximum atomic E-state index is 10.7. The summed E-state index contributed by atoms with van der Waals surface area (Å²) >= 11 is 0. The van der Waals surface area contributed by atoms with Crippen molar-refractivity contribution in [3.05, 3.63) is 0 Å². The smallest absolute Gasteiger partial charge is 0.549 e. The third-order valence-electron chi connectivity index (χ3n) is 4.68. The molecule has 0 N–H and O–H groups in total. The predicted molar refractivity (Wildman–Crippen MR) is 84.5 cm³/mol. The zero-order chi connectivity index (χ0) is 21.0. The van der Waals surface area contributed by atoms with E-state index in [1.165, 1.54) is 13.8 Å². The van der Waals surface area contributed by atoms with Crippen LogP contribution in [0.25, 0.3) is 0 Å². The maximum absolute atomic E-state index is 10.7. The average molecular weight is 420 g/mol. The first-order valence-corrected chi connectivity index (χ1v) is 8.88. The van der Waals surface area contributed by atoms with Gasteiger partial charge in [-0.25, -0.2) is 0 Å². The Morgan fingerprint density at radius 2 is 0.815 bits per heavy atom. The molecule has 0 fully saturated rings. The molecule has 0 rings (SSSR count). The zero-order valence-corrected chi connectivity index (χ0v) is 18.0. The van der Waals surface area contributed by atoms with Crippen molar-refractivity contribution in [1.29, 1.82) is 0 Å². The van der Waals surface area contributed by atoms with Gasteiger partial charge < -0.3 is 39.6 Å². The van der Waals surface area contributed by atoms with Crippen LogP contribution in [0.5, 0.6) is 0 Å². The van der Waals surface area contributed by atoms with Gasteiger partial charge in [-0.3, -0.25) is 0 Å². The Labute approximate surface area is 175 Å². The topological polar surface area (TPSA) is 161 Å². The minimum absolute atomic E-state index is 0. The Morgan fingerprint density at radius 1 is 0.593 bits per heavy atom. The number of hydrogen-bond donors (Lipinski definition) is 0.